The molecule has 2 aromatic rings. The van der Waals surface area contributed by atoms with E-state index in [0.717, 1.165) is 37.1 Å². The van der Waals surface area contributed by atoms with E-state index in [2.05, 4.69) is 40.4 Å². The molecule has 2 fully saturated rings. The number of likely N-dealkylation sites (tertiary alicyclic amines) is 1. The maximum absolute atomic E-state index is 12.2. The van der Waals surface area contributed by atoms with E-state index in [9.17, 15) is 9.59 Å². The first-order valence-corrected chi connectivity index (χ1v) is 8.95. The molecule has 1 atom stereocenters. The molecule has 2 aliphatic rings. The van der Waals surface area contributed by atoms with Crippen LogP contribution in [0.1, 0.15) is 43.0 Å². The molecule has 7 heteroatoms. The molecule has 1 unspecified atom stereocenters. The Hall–Kier alpha value is -2.05. The smallest absolute Gasteiger partial charge is 0.325 e. The molecule has 26 heavy (non-hydrogen) atoms. The van der Waals surface area contributed by atoms with Crippen LogP contribution in [-0.4, -0.2) is 53.4 Å². The van der Waals surface area contributed by atoms with Crippen LogP contribution in [0.3, 0.4) is 0 Å². The minimum Gasteiger partial charge on any atom is -0.356 e. The number of urea groups is 1. The third-order valence-electron chi connectivity index (χ3n) is 5.59. The van der Waals surface area contributed by atoms with Crippen molar-refractivity contribution in [1.29, 1.82) is 0 Å². The Morgan fingerprint density at radius 3 is 2.50 bits per heavy atom. The van der Waals surface area contributed by atoms with Gasteiger partial charge in [0.05, 0.1) is 12.6 Å². The summed E-state index contributed by atoms with van der Waals surface area (Å²) in [7, 11) is 2.15. The Balaban J connectivity index is 0.00000196. The van der Waals surface area contributed by atoms with Gasteiger partial charge in [-0.2, -0.15) is 0 Å². The van der Waals surface area contributed by atoms with E-state index in [1.807, 2.05) is 13.0 Å². The highest BCUT2D eigenvalue weighted by molar-refractivity contribution is 6.02. The molecule has 2 saturated heterocycles. The third kappa shape index (κ3) is 3.08. The topological polar surface area (TPSA) is 68.4 Å². The lowest BCUT2D eigenvalue weighted by Gasteiger charge is -2.31. The Morgan fingerprint density at radius 2 is 1.85 bits per heavy atom. The van der Waals surface area contributed by atoms with Crippen molar-refractivity contribution >= 4 is 35.2 Å². The highest BCUT2D eigenvalue weighted by Gasteiger charge is 2.36. The minimum absolute atomic E-state index is 0. The lowest BCUT2D eigenvalue weighted by molar-refractivity contribution is -0.126. The van der Waals surface area contributed by atoms with Crippen LogP contribution in [-0.2, 0) is 4.79 Å². The summed E-state index contributed by atoms with van der Waals surface area (Å²) in [5, 5.41) is 3.84. The van der Waals surface area contributed by atoms with Gasteiger partial charge in [-0.25, -0.2) is 4.79 Å². The van der Waals surface area contributed by atoms with E-state index in [0.29, 0.717) is 5.92 Å². The van der Waals surface area contributed by atoms with Gasteiger partial charge < -0.3 is 15.2 Å². The number of rotatable bonds is 3. The minimum atomic E-state index is -0.300. The summed E-state index contributed by atoms with van der Waals surface area (Å²) in [5.41, 5.74) is 3.36. The van der Waals surface area contributed by atoms with Crippen molar-refractivity contribution in [2.45, 2.75) is 31.7 Å². The first kappa shape index (κ1) is 18.7. The van der Waals surface area contributed by atoms with E-state index in [1.54, 1.807) is 0 Å². The fourth-order valence-electron chi connectivity index (χ4n) is 4.21. The molecule has 4 rings (SSSR count). The number of H-pyrrole nitrogens is 1. The van der Waals surface area contributed by atoms with E-state index < -0.39 is 0 Å². The molecule has 1 aromatic carbocycles. The summed E-state index contributed by atoms with van der Waals surface area (Å²) < 4.78 is 0. The van der Waals surface area contributed by atoms with Gasteiger partial charge in [-0.05, 0) is 57.5 Å². The van der Waals surface area contributed by atoms with Crippen LogP contribution in [0.2, 0.25) is 0 Å². The highest BCUT2D eigenvalue weighted by atomic mass is 35.5. The Kier molecular flexibility index (Phi) is 5.25. The molecule has 3 amide bonds. The van der Waals surface area contributed by atoms with Crippen LogP contribution in [0.25, 0.3) is 10.9 Å². The van der Waals surface area contributed by atoms with Gasteiger partial charge in [0.2, 0.25) is 0 Å². The fraction of sp³-hybridized carbons (Fsp3) is 0.474. The Bertz CT molecular complexity index is 810. The van der Waals surface area contributed by atoms with E-state index >= 15 is 0 Å². The molecule has 1 aromatic heterocycles. The fourth-order valence-corrected chi connectivity index (χ4v) is 4.21. The number of hydrogen-bond donors (Lipinski definition) is 2. The predicted molar refractivity (Wildman–Crippen MR) is 104 cm³/mol. The first-order valence-electron chi connectivity index (χ1n) is 8.95. The summed E-state index contributed by atoms with van der Waals surface area (Å²) in [5.74, 6) is 0.288. The molecule has 0 radical (unpaired) electrons. The van der Waals surface area contributed by atoms with Gasteiger partial charge >= 0.3 is 6.03 Å². The van der Waals surface area contributed by atoms with E-state index in [-0.39, 0.29) is 36.9 Å². The molecule has 6 nitrogen and oxygen atoms in total. The normalized spacial score (nSPS) is 20.3. The van der Waals surface area contributed by atoms with Gasteiger partial charge in [0.25, 0.3) is 5.91 Å². The maximum Gasteiger partial charge on any atom is 0.325 e. The zero-order valence-corrected chi connectivity index (χ0v) is 15.9. The Labute approximate surface area is 159 Å². The molecule has 0 saturated carbocycles. The van der Waals surface area contributed by atoms with Crippen molar-refractivity contribution < 1.29 is 9.59 Å². The van der Waals surface area contributed by atoms with Crippen LogP contribution in [0.4, 0.5) is 4.79 Å². The zero-order chi connectivity index (χ0) is 17.6. The summed E-state index contributed by atoms with van der Waals surface area (Å²) >= 11 is 0. The van der Waals surface area contributed by atoms with E-state index in [4.69, 9.17) is 0 Å². The number of amides is 3. The number of piperidine rings is 1. The molecule has 0 aliphatic carbocycles. The number of carbonyl (C=O) groups excluding carboxylic acids is 2. The van der Waals surface area contributed by atoms with Crippen LogP contribution < -0.4 is 5.32 Å². The number of benzene rings is 1. The number of nitrogens with zero attached hydrogens (tertiary/aromatic N) is 2. The average Bonchev–Trinajstić information content (AvgIpc) is 3.15. The molecule has 3 heterocycles. The number of nitrogens with one attached hydrogen (secondary N) is 2. The van der Waals surface area contributed by atoms with Crippen molar-refractivity contribution in [3.05, 3.63) is 35.5 Å². The lowest BCUT2D eigenvalue weighted by atomic mass is 9.86. The quantitative estimate of drug-likeness (QED) is 0.809. The van der Waals surface area contributed by atoms with Gasteiger partial charge in [-0.3, -0.25) is 9.69 Å². The van der Waals surface area contributed by atoms with Gasteiger partial charge in [0.15, 0.2) is 0 Å². The molecular formula is C19H25ClN4O2. The molecule has 0 bridgehead atoms. The third-order valence-corrected chi connectivity index (χ3v) is 5.59. The van der Waals surface area contributed by atoms with Gasteiger partial charge in [0.1, 0.15) is 0 Å². The van der Waals surface area contributed by atoms with Crippen LogP contribution in [0.5, 0.6) is 0 Å². The largest absolute Gasteiger partial charge is 0.356 e. The maximum atomic E-state index is 12.2. The number of halogens is 1. The average molecular weight is 377 g/mol. The number of aromatic nitrogens is 1. The van der Waals surface area contributed by atoms with Gasteiger partial charge in [-0.15, -0.1) is 12.4 Å². The van der Waals surface area contributed by atoms with Crippen molar-refractivity contribution in [3.8, 4) is 0 Å². The van der Waals surface area contributed by atoms with E-state index in [1.165, 1.54) is 15.8 Å². The number of imide groups is 1. The number of fused-ring (bicyclic) bond motifs is 1. The molecular weight excluding hydrogens is 352 g/mol. The number of aromatic amines is 1. The summed E-state index contributed by atoms with van der Waals surface area (Å²) in [6, 6.07) is 7.68. The van der Waals surface area contributed by atoms with Crippen LogP contribution >= 0.6 is 12.4 Å². The number of hydrogen-bond acceptors (Lipinski definition) is 3. The second kappa shape index (κ2) is 7.29. The Morgan fingerprint density at radius 1 is 1.15 bits per heavy atom. The lowest BCUT2D eigenvalue weighted by Crippen LogP contribution is -2.35. The molecule has 2 N–H and O–H groups in total. The van der Waals surface area contributed by atoms with Crippen LogP contribution in [0.15, 0.2) is 24.3 Å². The van der Waals surface area contributed by atoms with Crippen LogP contribution in [0, 0.1) is 0 Å². The molecule has 2 aliphatic heterocycles. The predicted octanol–water partition coefficient (Wildman–Crippen LogP) is 3.01. The van der Waals surface area contributed by atoms with Crippen molar-refractivity contribution in [2.75, 3.05) is 26.7 Å². The SMILES string of the molecule is CC(c1[nH]c2ccccc2c1C1CCN(C)CC1)N1C(=O)CNC1=O.Cl. The van der Waals surface area contributed by atoms with Crippen molar-refractivity contribution in [2.24, 2.45) is 0 Å². The highest BCUT2D eigenvalue weighted by Crippen LogP contribution is 2.39. The zero-order valence-electron chi connectivity index (χ0n) is 15.1. The van der Waals surface area contributed by atoms with Gasteiger partial charge in [-0.1, -0.05) is 18.2 Å². The van der Waals surface area contributed by atoms with Crippen molar-refractivity contribution in [1.82, 2.24) is 20.1 Å². The number of para-hydroxylation sites is 1. The first-order chi connectivity index (χ1) is 12.1. The standard InChI is InChI=1S/C19H24N4O2.ClH/c1-12(23-16(24)11-20-19(23)25)18-17(13-7-9-22(2)10-8-13)14-5-3-4-6-15(14)21-18;/h3-6,12-13,21H,7-11H2,1-2H3,(H,20,25);1H. The second-order valence-corrected chi connectivity index (χ2v) is 7.17. The van der Waals surface area contributed by atoms with Crippen molar-refractivity contribution in [3.63, 3.8) is 0 Å². The summed E-state index contributed by atoms with van der Waals surface area (Å²) in [6.45, 7) is 4.17. The summed E-state index contributed by atoms with van der Waals surface area (Å²) in [4.78, 5) is 31.5. The molecule has 140 valence electrons. The molecule has 0 spiro atoms. The van der Waals surface area contributed by atoms with Gasteiger partial charge in [0, 0.05) is 16.6 Å². The summed E-state index contributed by atoms with van der Waals surface area (Å²) in [6.07, 6.45) is 2.19. The number of carbonyl (C=O) groups is 2. The monoisotopic (exact) mass is 376 g/mol. The second-order valence-electron chi connectivity index (χ2n) is 7.17.